The van der Waals surface area contributed by atoms with Crippen LogP contribution in [0.5, 0.6) is 0 Å². The van der Waals surface area contributed by atoms with Crippen LogP contribution in [-0.4, -0.2) is 46.3 Å². The van der Waals surface area contributed by atoms with E-state index in [1.807, 2.05) is 0 Å². The Hall–Kier alpha value is -0.0425. The van der Waals surface area contributed by atoms with Crippen molar-refractivity contribution in [3.8, 4) is 0 Å². The number of carbonyl (C=O) groups excluding carboxylic acids is 1. The molecule has 0 atom stereocenters. The molecule has 0 aliphatic heterocycles. The monoisotopic (exact) mass is 421 g/mol. The summed E-state index contributed by atoms with van der Waals surface area (Å²) in [6, 6.07) is 0. The summed E-state index contributed by atoms with van der Waals surface area (Å²) in [4.78, 5) is 12.2. The molecular formula is C16H37O5Si4. The van der Waals surface area contributed by atoms with Crippen molar-refractivity contribution in [2.75, 3.05) is 6.61 Å². The zero-order chi connectivity index (χ0) is 20.1. The summed E-state index contributed by atoms with van der Waals surface area (Å²) in [7, 11) is -9.07. The van der Waals surface area contributed by atoms with Crippen LogP contribution in [-0.2, 0) is 21.9 Å². The van der Waals surface area contributed by atoms with Crippen molar-refractivity contribution in [3.05, 3.63) is 18.2 Å². The van der Waals surface area contributed by atoms with Gasteiger partial charge in [-0.1, -0.05) is 0 Å². The molecule has 0 spiro atoms. The highest BCUT2D eigenvalue weighted by Gasteiger charge is 2.49. The molecule has 0 aliphatic carbocycles. The largest absolute Gasteiger partial charge is 0.498 e. The van der Waals surface area contributed by atoms with E-state index in [0.717, 1.165) is 0 Å². The molecule has 1 radical (unpaired) electrons. The van der Waals surface area contributed by atoms with Crippen LogP contribution in [0.2, 0.25) is 58.9 Å². The molecular weight excluding hydrogens is 385 g/mol. The molecule has 9 heteroatoms. The summed E-state index contributed by atoms with van der Waals surface area (Å²) in [5, 5.41) is 0. The van der Waals surface area contributed by atoms with Gasteiger partial charge in [0, 0.05) is 5.57 Å². The molecule has 25 heavy (non-hydrogen) atoms. The van der Waals surface area contributed by atoms with Crippen LogP contribution in [0.4, 0.5) is 0 Å². The molecule has 0 aromatic heterocycles. The fraction of sp³-hybridized carbons (Fsp3) is 0.750. The van der Waals surface area contributed by atoms with E-state index in [4.69, 9.17) is 17.1 Å². The van der Waals surface area contributed by atoms with Gasteiger partial charge in [0.15, 0.2) is 25.0 Å². The van der Waals surface area contributed by atoms with E-state index >= 15 is 0 Å². The van der Waals surface area contributed by atoms with E-state index in [2.05, 4.69) is 65.8 Å². The van der Waals surface area contributed by atoms with Crippen LogP contribution >= 0.6 is 0 Å². The van der Waals surface area contributed by atoms with Gasteiger partial charge in [0.05, 0.1) is 6.61 Å². The predicted octanol–water partition coefficient (Wildman–Crippen LogP) is 4.73. The topological polar surface area (TPSA) is 54.0 Å². The van der Waals surface area contributed by atoms with Crippen LogP contribution in [0, 0.1) is 6.92 Å². The highest BCUT2D eigenvalue weighted by atomic mass is 28.5. The molecule has 0 saturated heterocycles. The van der Waals surface area contributed by atoms with Gasteiger partial charge in [-0.3, -0.25) is 0 Å². The third-order valence-corrected chi connectivity index (χ3v) is 14.0. The zero-order valence-electron chi connectivity index (χ0n) is 17.7. The highest BCUT2D eigenvalue weighted by Crippen LogP contribution is 2.27. The lowest BCUT2D eigenvalue weighted by molar-refractivity contribution is -0.138. The molecule has 0 fully saturated rings. The number of ether oxygens (including phenoxy) is 1. The number of rotatable bonds is 10. The summed E-state index contributed by atoms with van der Waals surface area (Å²) >= 11 is 0. The quantitative estimate of drug-likeness (QED) is 0.290. The van der Waals surface area contributed by atoms with Crippen LogP contribution in [0.3, 0.4) is 0 Å². The Morgan fingerprint density at radius 2 is 1.20 bits per heavy atom. The van der Waals surface area contributed by atoms with Gasteiger partial charge in [-0.2, -0.15) is 0 Å². The average molecular weight is 422 g/mol. The minimum absolute atomic E-state index is 0.303. The van der Waals surface area contributed by atoms with E-state index in [9.17, 15) is 4.79 Å². The molecule has 5 nitrogen and oxygen atoms in total. The molecule has 0 bridgehead atoms. The summed E-state index contributed by atoms with van der Waals surface area (Å²) in [6.45, 7) is 24.7. The predicted molar refractivity (Wildman–Crippen MR) is 114 cm³/mol. The molecule has 0 unspecified atom stereocenters. The molecule has 147 valence electrons. The molecule has 0 aromatic carbocycles. The smallest absolute Gasteiger partial charge is 0.462 e. The minimum Gasteiger partial charge on any atom is -0.462 e. The first-order valence-electron chi connectivity index (χ1n) is 8.75. The zero-order valence-corrected chi connectivity index (χ0v) is 21.7. The molecule has 0 aromatic rings. The van der Waals surface area contributed by atoms with Crippen molar-refractivity contribution >= 4 is 39.7 Å². The van der Waals surface area contributed by atoms with E-state index < -0.39 is 33.8 Å². The molecule has 0 aliphatic rings. The van der Waals surface area contributed by atoms with Crippen LogP contribution in [0.25, 0.3) is 0 Å². The Morgan fingerprint density at radius 3 is 1.48 bits per heavy atom. The van der Waals surface area contributed by atoms with Crippen molar-refractivity contribution in [2.24, 2.45) is 0 Å². The Kier molecular flexibility index (Phi) is 9.23. The van der Waals surface area contributed by atoms with E-state index in [-0.39, 0.29) is 5.97 Å². The summed E-state index contributed by atoms with van der Waals surface area (Å²) in [5.74, 6) is -0.363. The molecule has 0 amide bonds. The number of carbonyl (C=O) groups is 1. The van der Waals surface area contributed by atoms with E-state index in [0.29, 0.717) is 18.6 Å². The Balaban J connectivity index is 5.99. The number of hydrogen-bond acceptors (Lipinski definition) is 5. The van der Waals surface area contributed by atoms with Gasteiger partial charge in [-0.25, -0.2) is 4.79 Å². The lowest BCUT2D eigenvalue weighted by Gasteiger charge is -2.41. The fourth-order valence-electron chi connectivity index (χ4n) is 2.03. The number of esters is 1. The van der Waals surface area contributed by atoms with Gasteiger partial charge < -0.3 is 17.1 Å². The van der Waals surface area contributed by atoms with E-state index in [1.165, 1.54) is 0 Å². The van der Waals surface area contributed by atoms with Gasteiger partial charge in [0.2, 0.25) is 0 Å². The second-order valence-corrected chi connectivity index (χ2v) is 25.7. The first kappa shape index (κ1) is 25.0. The maximum atomic E-state index is 12.2. The first-order valence-corrected chi connectivity index (χ1v) is 20.8. The SMILES string of the molecule is [CH2]CCOC(=O)C(C)=C[Si](O[Si](C)(C)C)(O[Si](C)(C)C)O[Si](C)(C)C. The normalized spacial score (nSPS) is 14.6. The van der Waals surface area contributed by atoms with Crippen molar-refractivity contribution in [3.63, 3.8) is 0 Å². The van der Waals surface area contributed by atoms with E-state index in [1.54, 1.807) is 12.6 Å². The second-order valence-electron chi connectivity index (χ2n) is 9.06. The van der Waals surface area contributed by atoms with Gasteiger partial charge in [0.25, 0.3) is 0 Å². The van der Waals surface area contributed by atoms with Crippen molar-refractivity contribution in [1.29, 1.82) is 0 Å². The Morgan fingerprint density at radius 1 is 0.840 bits per heavy atom. The fourth-order valence-corrected chi connectivity index (χ4v) is 15.3. The van der Waals surface area contributed by atoms with Crippen LogP contribution < -0.4 is 0 Å². The maximum absolute atomic E-state index is 12.2. The third-order valence-electron chi connectivity index (χ3n) is 2.44. The lowest BCUT2D eigenvalue weighted by Crippen LogP contribution is -2.59. The van der Waals surface area contributed by atoms with Crippen molar-refractivity contribution in [2.45, 2.75) is 72.3 Å². The average Bonchev–Trinajstić information content (AvgIpc) is 2.28. The van der Waals surface area contributed by atoms with Gasteiger partial charge in [0.1, 0.15) is 0 Å². The number of hydrogen-bond donors (Lipinski definition) is 0. The molecule has 0 N–H and O–H groups in total. The van der Waals surface area contributed by atoms with Crippen LogP contribution in [0.1, 0.15) is 13.3 Å². The maximum Gasteiger partial charge on any atom is 0.498 e. The molecule has 0 heterocycles. The van der Waals surface area contributed by atoms with Crippen molar-refractivity contribution in [1.82, 2.24) is 0 Å². The van der Waals surface area contributed by atoms with Gasteiger partial charge in [-0.15, -0.1) is 0 Å². The molecule has 0 rings (SSSR count). The van der Waals surface area contributed by atoms with Crippen LogP contribution in [0.15, 0.2) is 11.3 Å². The Bertz CT molecular complexity index is 432. The third kappa shape index (κ3) is 12.1. The summed E-state index contributed by atoms with van der Waals surface area (Å²) < 4.78 is 24.7. The van der Waals surface area contributed by atoms with Crippen molar-refractivity contribution < 1.29 is 21.9 Å². The Labute approximate surface area is 158 Å². The first-order chi connectivity index (χ1) is 11.0. The van der Waals surface area contributed by atoms with Gasteiger partial charge in [-0.05, 0) is 84.9 Å². The highest BCUT2D eigenvalue weighted by molar-refractivity contribution is 6.92. The van der Waals surface area contributed by atoms with Gasteiger partial charge >= 0.3 is 14.8 Å². The second kappa shape index (κ2) is 9.24. The standard InChI is InChI=1S/C16H37O5Si4/c1-12-13-18-16(17)15(2)14-25(19-22(3,4)5,20-23(6,7)8)21-24(9,10)11/h14H,1,12-13H2,2-11H3. The summed E-state index contributed by atoms with van der Waals surface area (Å²) in [6.07, 6.45) is 0.545. The summed E-state index contributed by atoms with van der Waals surface area (Å²) in [5.41, 5.74) is 2.28. The minimum atomic E-state index is -3.16. The molecule has 0 saturated carbocycles. The lowest BCUT2D eigenvalue weighted by atomic mass is 10.4.